The number of fused-ring (bicyclic) bond motifs is 2. The van der Waals surface area contributed by atoms with Crippen LogP contribution in [0, 0.1) is 6.92 Å². The van der Waals surface area contributed by atoms with Crippen LogP contribution in [0.1, 0.15) is 123 Å². The number of alkyl halides is 3. The van der Waals surface area contributed by atoms with E-state index in [-0.39, 0.29) is 93.5 Å². The molecule has 19 heteroatoms. The van der Waals surface area contributed by atoms with Crippen molar-refractivity contribution in [2.45, 2.75) is 121 Å². The van der Waals surface area contributed by atoms with Gasteiger partial charge >= 0.3 is 15.5 Å². The van der Waals surface area contributed by atoms with Crippen molar-refractivity contribution in [3.05, 3.63) is 165 Å². The van der Waals surface area contributed by atoms with Gasteiger partial charge in [0.25, 0.3) is 11.8 Å². The fourth-order valence-corrected chi connectivity index (χ4v) is 12.6. The number of nitrogens with zero attached hydrogens (tertiary/aromatic N) is 5. The van der Waals surface area contributed by atoms with Crippen LogP contribution in [-0.2, 0) is 68.6 Å². The molecule has 5 aromatic carbocycles. The Kier molecular flexibility index (Phi) is 16.8. The smallest absolute Gasteiger partial charge is 0.489 e. The van der Waals surface area contributed by atoms with E-state index in [1.807, 2.05) is 41.3 Å². The highest BCUT2D eigenvalue weighted by atomic mass is 32.2. The van der Waals surface area contributed by atoms with Crippen LogP contribution in [0.25, 0.3) is 0 Å². The van der Waals surface area contributed by atoms with Gasteiger partial charge in [-0.3, -0.25) is 38.6 Å². The number of ether oxygens (including phenoxy) is 2. The molecule has 11 rings (SSSR count). The Hall–Kier alpha value is -7.06. The van der Waals surface area contributed by atoms with E-state index in [1.54, 1.807) is 29.2 Å². The number of piperidine rings is 1. The first-order chi connectivity index (χ1) is 38.4. The normalized spacial score (nSPS) is 20.6. The molecule has 0 radical (unpaired) electrons. The minimum absolute atomic E-state index is 0.0388. The highest BCUT2D eigenvalue weighted by Gasteiger charge is 2.50. The second-order valence-electron chi connectivity index (χ2n) is 21.7. The van der Waals surface area contributed by atoms with Gasteiger partial charge in [0.1, 0.15) is 36.3 Å². The van der Waals surface area contributed by atoms with Crippen LogP contribution < -0.4 is 9.47 Å². The maximum Gasteiger partial charge on any atom is 0.511 e. The first-order valence-corrected chi connectivity index (χ1v) is 28.8. The third-order valence-electron chi connectivity index (χ3n) is 16.3. The Bertz CT molecular complexity index is 3270. The van der Waals surface area contributed by atoms with Crippen LogP contribution in [0.15, 0.2) is 109 Å². The zero-order chi connectivity index (χ0) is 56.3. The number of benzene rings is 5. The van der Waals surface area contributed by atoms with Crippen molar-refractivity contribution < 1.29 is 59.8 Å². The molecule has 6 aliphatic rings. The molecule has 2 saturated carbocycles. The molecule has 1 unspecified atom stereocenters. The topological polar surface area (TPSA) is 171 Å². The van der Waals surface area contributed by atoms with Crippen LogP contribution in [0.5, 0.6) is 11.5 Å². The molecule has 0 bridgehead atoms. The van der Waals surface area contributed by atoms with Gasteiger partial charge in [-0.25, -0.2) is 8.42 Å². The van der Waals surface area contributed by atoms with Gasteiger partial charge in [0.15, 0.2) is 11.6 Å². The summed E-state index contributed by atoms with van der Waals surface area (Å²) < 4.78 is 74.2. The summed E-state index contributed by atoms with van der Waals surface area (Å²) in [7, 11) is -5.31. The van der Waals surface area contributed by atoms with Crippen LogP contribution in [-0.4, -0.2) is 124 Å². The SMILES string of the molecule is Cc1ccc(C2CCN(Cc3ccc(COc4cccc5c4CN(C4CCC(=O)CC4=O)C5=O)cc3)CC2)cc1.O=C1CC[C@H](N2Cc3c(OCc4ccc(CN5CCN(S(=O)(=O)C(F)(F)F)CC5)cc4)cccc3C2=O)C(=O)C1. The third kappa shape index (κ3) is 12.6. The number of ketones is 4. The molecule has 0 aromatic heterocycles. The van der Waals surface area contributed by atoms with Gasteiger partial charge in [-0.15, -0.1) is 0 Å². The lowest BCUT2D eigenvalue weighted by molar-refractivity contribution is -0.134. The first kappa shape index (κ1) is 56.2. The first-order valence-electron chi connectivity index (χ1n) is 27.3. The Morgan fingerprint density at radius 3 is 1.38 bits per heavy atom. The molecule has 80 heavy (non-hydrogen) atoms. The molecule has 2 saturated heterocycles. The maximum atomic E-state index is 13.1. The molecule has 15 nitrogen and oxygen atoms in total. The van der Waals surface area contributed by atoms with Crippen molar-refractivity contribution in [3.63, 3.8) is 0 Å². The molecule has 4 fully saturated rings. The fraction of sp³-hybridized carbons (Fsp3) is 0.410. The fourth-order valence-electron chi connectivity index (χ4n) is 11.7. The highest BCUT2D eigenvalue weighted by molar-refractivity contribution is 7.90. The number of carbonyl (C=O) groups is 6. The van der Waals surface area contributed by atoms with Crippen LogP contribution >= 0.6 is 0 Å². The average Bonchev–Trinajstić information content (AvgIpc) is 4.21. The summed E-state index contributed by atoms with van der Waals surface area (Å²) in [5.41, 5.74) is 4.26. The van der Waals surface area contributed by atoms with Gasteiger partial charge in [-0.1, -0.05) is 90.5 Å². The summed E-state index contributed by atoms with van der Waals surface area (Å²) >= 11 is 0. The molecule has 2 aliphatic carbocycles. The average molecular weight is 1120 g/mol. The standard InChI is InChI=1S/C34H36N2O4.C27H28F3N3O6S/c1-23-5-11-26(12-6-23)27-15-17-35(18-16-27)20-24-7-9-25(10-8-24)22-40-33-4-2-3-29-30(33)21-36(34(29)39)31-14-13-28(37)19-32(31)38;28-27(29,30)40(37,38)32-12-10-31(11-13-32)15-18-4-6-19(7-5-18)17-39-25-3-1-2-21-22(25)16-33(26(21)36)23-9-8-20(34)14-24(23)35/h2-12,27,31H,13-22H2,1H3;1-7,23H,8-17H2/t;23-/m.0/s1. The van der Waals surface area contributed by atoms with Gasteiger partial charge in [0, 0.05) is 74.4 Å². The number of amides is 2. The number of hydrogen-bond acceptors (Lipinski definition) is 12. The lowest BCUT2D eigenvalue weighted by Gasteiger charge is -2.34. The Morgan fingerprint density at radius 1 is 0.525 bits per heavy atom. The van der Waals surface area contributed by atoms with Crippen LogP contribution in [0.2, 0.25) is 0 Å². The van der Waals surface area contributed by atoms with E-state index in [0.717, 1.165) is 41.9 Å². The molecule has 2 amide bonds. The number of halogens is 3. The molecule has 2 atom stereocenters. The van der Waals surface area contributed by atoms with E-state index in [4.69, 9.17) is 9.47 Å². The Labute approximate surface area is 463 Å². The third-order valence-corrected chi connectivity index (χ3v) is 17.9. The monoisotopic (exact) mass is 1120 g/mol. The zero-order valence-electron chi connectivity index (χ0n) is 44.6. The number of hydrogen-bond donors (Lipinski definition) is 0. The minimum Gasteiger partial charge on any atom is -0.489 e. The number of aryl methyl sites for hydroxylation is 1. The Morgan fingerprint density at radius 2 is 0.950 bits per heavy atom. The molecular formula is C61H64F3N5O10S. The van der Waals surface area contributed by atoms with Crippen molar-refractivity contribution >= 4 is 45.0 Å². The minimum atomic E-state index is -5.31. The van der Waals surface area contributed by atoms with Crippen molar-refractivity contribution in [3.8, 4) is 11.5 Å². The van der Waals surface area contributed by atoms with Crippen molar-refractivity contribution in [2.75, 3.05) is 39.3 Å². The molecule has 4 aliphatic heterocycles. The lowest BCUT2D eigenvalue weighted by atomic mass is 9.89. The Balaban J connectivity index is 0.000000180. The maximum absolute atomic E-state index is 13.1. The molecule has 420 valence electrons. The van der Waals surface area contributed by atoms with Crippen LogP contribution in [0.4, 0.5) is 13.2 Å². The number of likely N-dealkylation sites (tertiary alicyclic amines) is 1. The number of carbonyl (C=O) groups excluding carboxylic acids is 6. The van der Waals surface area contributed by atoms with Crippen molar-refractivity contribution in [1.82, 2.24) is 23.9 Å². The summed E-state index contributed by atoms with van der Waals surface area (Å²) in [4.78, 5) is 81.8. The predicted octanol–water partition coefficient (Wildman–Crippen LogP) is 8.48. The van der Waals surface area contributed by atoms with E-state index in [2.05, 4.69) is 60.4 Å². The summed E-state index contributed by atoms with van der Waals surface area (Å²) in [6, 6.07) is 34.7. The number of rotatable bonds is 14. The largest absolute Gasteiger partial charge is 0.511 e. The molecule has 5 aromatic rings. The number of sulfonamides is 1. The van der Waals surface area contributed by atoms with Gasteiger partial charge in [-0.05, 0) is 104 Å². The zero-order valence-corrected chi connectivity index (χ0v) is 45.4. The second-order valence-corrected chi connectivity index (χ2v) is 23.6. The van der Waals surface area contributed by atoms with E-state index in [0.29, 0.717) is 77.4 Å². The summed E-state index contributed by atoms with van der Waals surface area (Å²) in [5, 5.41) is 0. The van der Waals surface area contributed by atoms with Crippen molar-refractivity contribution in [2.24, 2.45) is 0 Å². The predicted molar refractivity (Wildman–Crippen MR) is 290 cm³/mol. The molecular weight excluding hydrogens is 1050 g/mol. The summed E-state index contributed by atoms with van der Waals surface area (Å²) in [6.45, 7) is 6.95. The van der Waals surface area contributed by atoms with E-state index in [9.17, 15) is 50.4 Å². The van der Waals surface area contributed by atoms with Gasteiger partial charge in [0.2, 0.25) is 0 Å². The van der Waals surface area contributed by atoms with Gasteiger partial charge in [0.05, 0.1) is 38.0 Å². The highest BCUT2D eigenvalue weighted by Crippen LogP contribution is 2.37. The van der Waals surface area contributed by atoms with E-state index >= 15 is 0 Å². The van der Waals surface area contributed by atoms with Gasteiger partial charge in [-0.2, -0.15) is 17.5 Å². The van der Waals surface area contributed by atoms with Crippen molar-refractivity contribution in [1.29, 1.82) is 0 Å². The molecule has 4 heterocycles. The quantitative estimate of drug-likeness (QED) is 0.0974. The van der Waals surface area contributed by atoms with Crippen LogP contribution in [0.3, 0.4) is 0 Å². The summed E-state index contributed by atoms with van der Waals surface area (Å²) in [5.74, 6) is 0.961. The number of piperazine rings is 1. The van der Waals surface area contributed by atoms with E-state index < -0.39 is 27.6 Å². The molecule has 0 spiro atoms. The van der Waals surface area contributed by atoms with Gasteiger partial charge < -0.3 is 19.3 Å². The number of Topliss-reactive ketones (excluding diaryl/α,β-unsaturated/α-hetero) is 4. The second kappa shape index (κ2) is 24.0. The lowest BCUT2D eigenvalue weighted by Crippen LogP contribution is -2.51. The van der Waals surface area contributed by atoms with E-state index in [1.165, 1.54) is 34.4 Å². The molecule has 0 N–H and O–H groups in total. The summed E-state index contributed by atoms with van der Waals surface area (Å²) in [6.07, 6.45) is 3.56.